The summed E-state index contributed by atoms with van der Waals surface area (Å²) in [5.41, 5.74) is 1.22. The number of nitrogens with one attached hydrogen (secondary N) is 3. The predicted molar refractivity (Wildman–Crippen MR) is 141 cm³/mol. The van der Waals surface area contributed by atoms with Crippen LogP contribution in [-0.2, 0) is 9.53 Å². The van der Waals surface area contributed by atoms with Gasteiger partial charge >= 0.3 is 6.09 Å². The first-order valence-corrected chi connectivity index (χ1v) is 12.8. The van der Waals surface area contributed by atoms with E-state index in [9.17, 15) is 14.4 Å². The summed E-state index contributed by atoms with van der Waals surface area (Å²) in [4.78, 5) is 38.1. The fraction of sp³-hybridized carbons (Fsp3) is 0.560. The number of ether oxygens (including phenoxy) is 3. The molecule has 1 atom stereocenters. The molecule has 3 N–H and O–H groups in total. The molecular weight excluding hydrogens is 484 g/mol. The van der Waals surface area contributed by atoms with Crippen molar-refractivity contribution in [1.29, 1.82) is 0 Å². The molecule has 0 radical (unpaired) electrons. The van der Waals surface area contributed by atoms with Gasteiger partial charge in [0.1, 0.15) is 5.60 Å². The minimum Gasteiger partial charge on any atom is -0.493 e. The Morgan fingerprint density at radius 1 is 1.19 bits per heavy atom. The van der Waals surface area contributed by atoms with Crippen LogP contribution in [0.2, 0.25) is 0 Å². The minimum atomic E-state index is -0.499. The fourth-order valence-corrected chi connectivity index (χ4v) is 4.75. The highest BCUT2D eigenvalue weighted by Crippen LogP contribution is 2.39. The van der Waals surface area contributed by atoms with E-state index in [4.69, 9.17) is 14.2 Å². The SMILES string of the molecule is COc1cc(C=C2SC(=O)NC2=O)c(N2CCC(CNCCCNC(=O)OC(C)(C)C)C2)cc1OC. The van der Waals surface area contributed by atoms with E-state index in [1.807, 2.05) is 32.9 Å². The van der Waals surface area contributed by atoms with E-state index in [0.29, 0.717) is 28.9 Å². The molecule has 0 saturated carbocycles. The zero-order valence-corrected chi connectivity index (χ0v) is 22.4. The van der Waals surface area contributed by atoms with Crippen molar-refractivity contribution in [3.63, 3.8) is 0 Å². The molecular formula is C25H36N4O6S. The Labute approximate surface area is 216 Å². The second kappa shape index (κ2) is 12.4. The molecule has 36 heavy (non-hydrogen) atoms. The standard InChI is InChI=1S/C25H36N4O6S/c1-25(2,3)35-23(31)27-9-6-8-26-14-16-7-10-29(15-16)18-13-20(34-5)19(33-4)11-17(18)12-21-22(30)28-24(32)36-21/h11-13,16,26H,6-10,14-15H2,1-5H3,(H,27,31)(H,28,30,32). The molecule has 2 heterocycles. The summed E-state index contributed by atoms with van der Waals surface area (Å²) in [6.07, 6.45) is 3.15. The summed E-state index contributed by atoms with van der Waals surface area (Å²) in [5.74, 6) is 1.21. The third-order valence-electron chi connectivity index (χ3n) is 5.72. The van der Waals surface area contributed by atoms with E-state index < -0.39 is 17.6 Å². The van der Waals surface area contributed by atoms with Gasteiger partial charge in [-0.2, -0.15) is 0 Å². The van der Waals surface area contributed by atoms with Gasteiger partial charge in [-0.1, -0.05) is 0 Å². The third kappa shape index (κ3) is 7.79. The number of nitrogens with zero attached hydrogens (tertiary/aromatic N) is 1. The van der Waals surface area contributed by atoms with Gasteiger partial charge in [-0.3, -0.25) is 14.9 Å². The second-order valence-electron chi connectivity index (χ2n) is 9.71. The van der Waals surface area contributed by atoms with Crippen molar-refractivity contribution in [3.05, 3.63) is 22.6 Å². The van der Waals surface area contributed by atoms with Crippen LogP contribution in [0.25, 0.3) is 6.08 Å². The van der Waals surface area contributed by atoms with Crippen LogP contribution in [0.3, 0.4) is 0 Å². The van der Waals surface area contributed by atoms with Gasteiger partial charge in [-0.15, -0.1) is 0 Å². The largest absolute Gasteiger partial charge is 0.493 e. The summed E-state index contributed by atoms with van der Waals surface area (Å²) in [7, 11) is 3.16. The highest BCUT2D eigenvalue weighted by molar-refractivity contribution is 8.18. The number of amides is 3. The first-order chi connectivity index (χ1) is 17.1. The number of carbonyl (C=O) groups is 3. The van der Waals surface area contributed by atoms with Crippen LogP contribution in [0.1, 0.15) is 39.2 Å². The number of methoxy groups -OCH3 is 2. The lowest BCUT2D eigenvalue weighted by atomic mass is 10.1. The maximum Gasteiger partial charge on any atom is 0.407 e. The zero-order chi connectivity index (χ0) is 26.3. The smallest absolute Gasteiger partial charge is 0.407 e. The molecule has 1 aromatic rings. The van der Waals surface area contributed by atoms with Crippen LogP contribution >= 0.6 is 11.8 Å². The fourth-order valence-electron chi connectivity index (χ4n) is 4.08. The molecule has 198 valence electrons. The van der Waals surface area contributed by atoms with Gasteiger partial charge in [0.2, 0.25) is 0 Å². The van der Waals surface area contributed by atoms with E-state index in [0.717, 1.165) is 62.0 Å². The number of carbonyl (C=O) groups excluding carboxylic acids is 3. The lowest BCUT2D eigenvalue weighted by Crippen LogP contribution is -2.34. The molecule has 1 unspecified atom stereocenters. The normalized spacial score (nSPS) is 19.0. The monoisotopic (exact) mass is 520 g/mol. The van der Waals surface area contributed by atoms with E-state index in [1.165, 1.54) is 0 Å². The Bertz CT molecular complexity index is 1010. The Morgan fingerprint density at radius 2 is 1.92 bits per heavy atom. The maximum atomic E-state index is 12.1. The van der Waals surface area contributed by atoms with Crippen molar-refractivity contribution >= 4 is 40.8 Å². The highest BCUT2D eigenvalue weighted by atomic mass is 32.2. The first-order valence-electron chi connectivity index (χ1n) is 12.0. The molecule has 0 spiro atoms. The lowest BCUT2D eigenvalue weighted by Gasteiger charge is -2.23. The predicted octanol–water partition coefficient (Wildman–Crippen LogP) is 3.36. The Morgan fingerprint density at radius 3 is 2.56 bits per heavy atom. The molecule has 0 aromatic heterocycles. The van der Waals surface area contributed by atoms with Gasteiger partial charge in [0.15, 0.2) is 11.5 Å². The Balaban J connectivity index is 1.56. The average molecular weight is 521 g/mol. The highest BCUT2D eigenvalue weighted by Gasteiger charge is 2.28. The van der Waals surface area contributed by atoms with Gasteiger partial charge in [0.25, 0.3) is 11.1 Å². The Hall–Kier alpha value is -2.92. The molecule has 2 aliphatic rings. The van der Waals surface area contributed by atoms with E-state index >= 15 is 0 Å². The molecule has 3 amide bonds. The first kappa shape index (κ1) is 27.7. The third-order valence-corrected chi connectivity index (χ3v) is 6.53. The van der Waals surface area contributed by atoms with Crippen molar-refractivity contribution in [3.8, 4) is 11.5 Å². The number of hydrogen-bond acceptors (Lipinski definition) is 9. The molecule has 11 heteroatoms. The van der Waals surface area contributed by atoms with Crippen LogP contribution in [0.5, 0.6) is 11.5 Å². The lowest BCUT2D eigenvalue weighted by molar-refractivity contribution is -0.115. The quantitative estimate of drug-likeness (QED) is 0.315. The minimum absolute atomic E-state index is 0.353. The number of anilines is 1. The molecule has 0 bridgehead atoms. The van der Waals surface area contributed by atoms with Crippen LogP contribution in [-0.4, -0.2) is 69.8 Å². The average Bonchev–Trinajstić information content (AvgIpc) is 3.40. The van der Waals surface area contributed by atoms with Gasteiger partial charge in [0, 0.05) is 37.0 Å². The van der Waals surface area contributed by atoms with Crippen molar-refractivity contribution in [2.45, 2.75) is 39.2 Å². The molecule has 2 aliphatic heterocycles. The Kier molecular flexibility index (Phi) is 9.49. The topological polar surface area (TPSA) is 118 Å². The number of benzene rings is 1. The summed E-state index contributed by atoms with van der Waals surface area (Å²) >= 11 is 0.892. The van der Waals surface area contributed by atoms with Gasteiger partial charge in [0.05, 0.1) is 19.1 Å². The van der Waals surface area contributed by atoms with Crippen molar-refractivity contribution in [2.24, 2.45) is 5.92 Å². The van der Waals surface area contributed by atoms with Crippen molar-refractivity contribution in [2.75, 3.05) is 51.8 Å². The van der Waals surface area contributed by atoms with Gasteiger partial charge in [-0.25, -0.2) is 4.79 Å². The van der Waals surface area contributed by atoms with E-state index in [2.05, 4.69) is 20.9 Å². The molecule has 1 aromatic carbocycles. The molecule has 0 aliphatic carbocycles. The number of rotatable bonds is 10. The second-order valence-corrected chi connectivity index (χ2v) is 10.7. The van der Waals surface area contributed by atoms with Gasteiger partial charge in [-0.05, 0) is 76.5 Å². The molecule has 2 saturated heterocycles. The van der Waals surface area contributed by atoms with Gasteiger partial charge < -0.3 is 29.7 Å². The number of imide groups is 1. The summed E-state index contributed by atoms with van der Waals surface area (Å²) in [6.45, 7) is 9.42. The maximum absolute atomic E-state index is 12.1. The molecule has 2 fully saturated rings. The number of alkyl carbamates (subject to hydrolysis) is 1. The van der Waals surface area contributed by atoms with Crippen LogP contribution < -0.4 is 30.3 Å². The van der Waals surface area contributed by atoms with E-state index in [-0.39, 0.29) is 5.24 Å². The molecule has 3 rings (SSSR count). The summed E-state index contributed by atoms with van der Waals surface area (Å²) in [5, 5.41) is 8.17. The summed E-state index contributed by atoms with van der Waals surface area (Å²) < 4.78 is 16.2. The van der Waals surface area contributed by atoms with Crippen molar-refractivity contribution < 1.29 is 28.6 Å². The van der Waals surface area contributed by atoms with Crippen LogP contribution in [0.4, 0.5) is 15.3 Å². The van der Waals surface area contributed by atoms with Crippen molar-refractivity contribution in [1.82, 2.24) is 16.0 Å². The number of thioether (sulfide) groups is 1. The zero-order valence-electron chi connectivity index (χ0n) is 21.6. The van der Waals surface area contributed by atoms with E-state index in [1.54, 1.807) is 20.3 Å². The molecule has 10 nitrogen and oxygen atoms in total. The van der Waals surface area contributed by atoms with Crippen LogP contribution in [0, 0.1) is 5.92 Å². The van der Waals surface area contributed by atoms with Crippen LogP contribution in [0.15, 0.2) is 17.0 Å². The number of hydrogen-bond donors (Lipinski definition) is 3. The summed E-state index contributed by atoms with van der Waals surface area (Å²) in [6, 6.07) is 3.75.